The van der Waals surface area contributed by atoms with Crippen LogP contribution in [0, 0.1) is 0 Å². The molecule has 1 amide bonds. The van der Waals surface area contributed by atoms with Crippen LogP contribution in [0.1, 0.15) is 48.6 Å². The van der Waals surface area contributed by atoms with E-state index in [1.807, 2.05) is 9.58 Å². The standard InChI is InChI=1S/C16H26N4O2/c1-4-18-6-8-19(9-7-18)16(21)15-13-11-22-10-5-14(13)20(17-15)12(2)3/h12H,4-11H2,1-3H3. The number of hydrogen-bond acceptors (Lipinski definition) is 4. The first kappa shape index (κ1) is 15.5. The molecule has 0 spiro atoms. The largest absolute Gasteiger partial charge is 0.376 e. The highest BCUT2D eigenvalue weighted by atomic mass is 16.5. The highest BCUT2D eigenvalue weighted by Crippen LogP contribution is 2.25. The smallest absolute Gasteiger partial charge is 0.274 e. The zero-order valence-corrected chi connectivity index (χ0v) is 13.8. The third kappa shape index (κ3) is 2.77. The van der Waals surface area contributed by atoms with Gasteiger partial charge < -0.3 is 14.5 Å². The zero-order valence-electron chi connectivity index (χ0n) is 13.8. The minimum atomic E-state index is 0.0666. The molecular formula is C16H26N4O2. The fourth-order valence-corrected chi connectivity index (χ4v) is 3.28. The maximum Gasteiger partial charge on any atom is 0.274 e. The summed E-state index contributed by atoms with van der Waals surface area (Å²) in [7, 11) is 0. The number of likely N-dealkylation sites (N-methyl/N-ethyl adjacent to an activating group) is 1. The Kier molecular flexibility index (Phi) is 4.49. The molecule has 2 aliphatic heterocycles. The van der Waals surface area contributed by atoms with E-state index < -0.39 is 0 Å². The monoisotopic (exact) mass is 306 g/mol. The van der Waals surface area contributed by atoms with Gasteiger partial charge in [0.2, 0.25) is 0 Å². The molecule has 2 aliphatic rings. The summed E-state index contributed by atoms with van der Waals surface area (Å²) in [4.78, 5) is 17.2. The number of fused-ring (bicyclic) bond motifs is 1. The Morgan fingerprint density at radius 2 is 2.00 bits per heavy atom. The molecule has 22 heavy (non-hydrogen) atoms. The molecule has 0 bridgehead atoms. The summed E-state index contributed by atoms with van der Waals surface area (Å²) in [6.45, 7) is 12.1. The topological polar surface area (TPSA) is 50.6 Å². The Bertz CT molecular complexity index is 545. The number of carbonyl (C=O) groups is 1. The molecule has 1 saturated heterocycles. The van der Waals surface area contributed by atoms with E-state index in [-0.39, 0.29) is 11.9 Å². The van der Waals surface area contributed by atoms with Crippen LogP contribution < -0.4 is 0 Å². The molecule has 1 fully saturated rings. The number of nitrogens with zero attached hydrogens (tertiary/aromatic N) is 4. The predicted molar refractivity (Wildman–Crippen MR) is 84.0 cm³/mol. The van der Waals surface area contributed by atoms with Gasteiger partial charge in [0.15, 0.2) is 5.69 Å². The van der Waals surface area contributed by atoms with Crippen LogP contribution in [0.4, 0.5) is 0 Å². The summed E-state index contributed by atoms with van der Waals surface area (Å²) < 4.78 is 7.58. The van der Waals surface area contributed by atoms with E-state index in [2.05, 4.69) is 30.8 Å². The molecule has 122 valence electrons. The van der Waals surface area contributed by atoms with E-state index in [9.17, 15) is 4.79 Å². The fraction of sp³-hybridized carbons (Fsp3) is 0.750. The molecule has 0 N–H and O–H groups in total. The first-order chi connectivity index (χ1) is 10.6. The quantitative estimate of drug-likeness (QED) is 0.845. The van der Waals surface area contributed by atoms with Crippen molar-refractivity contribution in [2.24, 2.45) is 0 Å². The lowest BCUT2D eigenvalue weighted by molar-refractivity contribution is 0.0627. The summed E-state index contributed by atoms with van der Waals surface area (Å²) in [5, 5.41) is 4.64. The number of aromatic nitrogens is 2. The minimum absolute atomic E-state index is 0.0666. The van der Waals surface area contributed by atoms with Crippen molar-refractivity contribution in [1.29, 1.82) is 0 Å². The maximum atomic E-state index is 12.9. The van der Waals surface area contributed by atoms with E-state index in [0.717, 1.165) is 44.7 Å². The number of carbonyl (C=O) groups excluding carboxylic acids is 1. The molecule has 0 saturated carbocycles. The number of rotatable bonds is 3. The molecule has 6 heteroatoms. The Morgan fingerprint density at radius 3 is 2.64 bits per heavy atom. The molecule has 6 nitrogen and oxygen atoms in total. The summed E-state index contributed by atoms with van der Waals surface area (Å²) in [6.07, 6.45) is 0.845. The lowest BCUT2D eigenvalue weighted by Crippen LogP contribution is -2.48. The summed E-state index contributed by atoms with van der Waals surface area (Å²) in [6, 6.07) is 0.269. The second kappa shape index (κ2) is 6.38. The van der Waals surface area contributed by atoms with Gasteiger partial charge in [0, 0.05) is 49.9 Å². The van der Waals surface area contributed by atoms with Crippen LogP contribution in [0.5, 0.6) is 0 Å². The third-order valence-electron chi connectivity index (χ3n) is 4.65. The van der Waals surface area contributed by atoms with Crippen molar-refractivity contribution in [2.45, 2.75) is 39.8 Å². The Hall–Kier alpha value is -1.40. The molecule has 0 radical (unpaired) electrons. The molecule has 0 aromatic carbocycles. The third-order valence-corrected chi connectivity index (χ3v) is 4.65. The maximum absolute atomic E-state index is 12.9. The number of hydrogen-bond donors (Lipinski definition) is 0. The van der Waals surface area contributed by atoms with Crippen LogP contribution >= 0.6 is 0 Å². The van der Waals surface area contributed by atoms with Gasteiger partial charge in [-0.25, -0.2) is 0 Å². The van der Waals surface area contributed by atoms with Crippen molar-refractivity contribution in [3.63, 3.8) is 0 Å². The molecule has 3 heterocycles. The fourth-order valence-electron chi connectivity index (χ4n) is 3.28. The van der Waals surface area contributed by atoms with Gasteiger partial charge >= 0.3 is 0 Å². The molecular weight excluding hydrogens is 280 g/mol. The van der Waals surface area contributed by atoms with E-state index in [1.54, 1.807) is 0 Å². The second-order valence-electron chi connectivity index (χ2n) is 6.34. The van der Waals surface area contributed by atoms with Crippen molar-refractivity contribution in [2.75, 3.05) is 39.3 Å². The molecule has 0 atom stereocenters. The van der Waals surface area contributed by atoms with E-state index in [0.29, 0.717) is 18.9 Å². The summed E-state index contributed by atoms with van der Waals surface area (Å²) >= 11 is 0. The van der Waals surface area contributed by atoms with E-state index in [4.69, 9.17) is 4.74 Å². The van der Waals surface area contributed by atoms with Crippen molar-refractivity contribution < 1.29 is 9.53 Å². The van der Waals surface area contributed by atoms with Crippen LogP contribution in [0.3, 0.4) is 0 Å². The van der Waals surface area contributed by atoms with Gasteiger partial charge in [0.05, 0.1) is 13.2 Å². The lowest BCUT2D eigenvalue weighted by atomic mass is 10.1. The van der Waals surface area contributed by atoms with Gasteiger partial charge in [-0.05, 0) is 20.4 Å². The van der Waals surface area contributed by atoms with Crippen LogP contribution in [-0.4, -0.2) is 64.8 Å². The first-order valence-corrected chi connectivity index (χ1v) is 8.31. The second-order valence-corrected chi connectivity index (χ2v) is 6.34. The molecule has 1 aromatic rings. The normalized spacial score (nSPS) is 19.5. The van der Waals surface area contributed by atoms with Gasteiger partial charge in [-0.1, -0.05) is 6.92 Å². The van der Waals surface area contributed by atoms with Gasteiger partial charge in [-0.15, -0.1) is 0 Å². The Balaban J connectivity index is 1.84. The average Bonchev–Trinajstić information content (AvgIpc) is 2.94. The molecule has 0 unspecified atom stereocenters. The molecule has 0 aliphatic carbocycles. The minimum Gasteiger partial charge on any atom is -0.376 e. The molecule has 3 rings (SSSR count). The Labute approximate surface area is 132 Å². The van der Waals surface area contributed by atoms with Crippen molar-refractivity contribution in [3.05, 3.63) is 17.0 Å². The summed E-state index contributed by atoms with van der Waals surface area (Å²) in [5.41, 5.74) is 2.79. The lowest BCUT2D eigenvalue weighted by Gasteiger charge is -2.33. The zero-order chi connectivity index (χ0) is 15.7. The number of amides is 1. The van der Waals surface area contributed by atoms with Crippen molar-refractivity contribution in [3.8, 4) is 0 Å². The van der Waals surface area contributed by atoms with Crippen LogP contribution in [0.15, 0.2) is 0 Å². The van der Waals surface area contributed by atoms with Gasteiger partial charge in [0.25, 0.3) is 5.91 Å². The summed E-state index contributed by atoms with van der Waals surface area (Å²) in [5.74, 6) is 0.0666. The van der Waals surface area contributed by atoms with Crippen LogP contribution in [-0.2, 0) is 17.8 Å². The van der Waals surface area contributed by atoms with Crippen molar-refractivity contribution >= 4 is 5.91 Å². The van der Waals surface area contributed by atoms with E-state index >= 15 is 0 Å². The first-order valence-electron chi connectivity index (χ1n) is 8.31. The van der Waals surface area contributed by atoms with Crippen LogP contribution in [0.25, 0.3) is 0 Å². The molecule has 1 aromatic heterocycles. The van der Waals surface area contributed by atoms with Gasteiger partial charge in [-0.2, -0.15) is 5.10 Å². The Morgan fingerprint density at radius 1 is 1.27 bits per heavy atom. The van der Waals surface area contributed by atoms with Gasteiger partial charge in [-0.3, -0.25) is 9.48 Å². The number of ether oxygens (including phenoxy) is 1. The van der Waals surface area contributed by atoms with Gasteiger partial charge in [0.1, 0.15) is 0 Å². The number of piperazine rings is 1. The van der Waals surface area contributed by atoms with Crippen molar-refractivity contribution in [1.82, 2.24) is 19.6 Å². The van der Waals surface area contributed by atoms with E-state index in [1.165, 1.54) is 5.69 Å². The SMILES string of the molecule is CCN1CCN(C(=O)c2nn(C(C)C)c3c2COCC3)CC1. The predicted octanol–water partition coefficient (Wildman–Crippen LogP) is 1.31. The highest BCUT2D eigenvalue weighted by Gasteiger charge is 2.30. The average molecular weight is 306 g/mol. The van der Waals surface area contributed by atoms with Crippen LogP contribution in [0.2, 0.25) is 0 Å². The highest BCUT2D eigenvalue weighted by molar-refractivity contribution is 5.94.